The minimum absolute atomic E-state index is 0.0834. The normalized spacial score (nSPS) is 13.0. The van der Waals surface area contributed by atoms with Gasteiger partial charge in [0.25, 0.3) is 5.88 Å². The smallest absolute Gasteiger partial charge is 0.264 e. The van der Waals surface area contributed by atoms with Crippen LogP contribution >= 0.6 is 0 Å². The molecule has 5 heteroatoms. The van der Waals surface area contributed by atoms with Crippen LogP contribution in [0, 0.1) is 27.7 Å². The van der Waals surface area contributed by atoms with Crippen LogP contribution in [0.25, 0.3) is 0 Å². The minimum atomic E-state index is 0.0834. The first-order chi connectivity index (χ1) is 13.1. The zero-order valence-corrected chi connectivity index (χ0v) is 17.6. The van der Waals surface area contributed by atoms with Crippen LogP contribution in [0.1, 0.15) is 48.8 Å². The van der Waals surface area contributed by atoms with Crippen molar-refractivity contribution < 1.29 is 4.74 Å². The van der Waals surface area contributed by atoms with Gasteiger partial charge in [0, 0.05) is 5.69 Å². The highest BCUT2D eigenvalue weighted by Crippen LogP contribution is 2.49. The molecular weight excluding hydrogens is 348 g/mol. The average Bonchev–Trinajstić information content (AvgIpc) is 2.60. The summed E-state index contributed by atoms with van der Waals surface area (Å²) < 4.78 is 6.02. The Morgan fingerprint density at radius 3 is 2.14 bits per heavy atom. The second-order valence-corrected chi connectivity index (χ2v) is 8.56. The Morgan fingerprint density at radius 2 is 1.50 bits per heavy atom. The number of aryl methyl sites for hydroxylation is 4. The number of fused-ring (bicyclic) bond motifs is 2. The van der Waals surface area contributed by atoms with E-state index < -0.39 is 0 Å². The third kappa shape index (κ3) is 3.01. The van der Waals surface area contributed by atoms with Crippen molar-refractivity contribution in [3.63, 3.8) is 0 Å². The van der Waals surface area contributed by atoms with Gasteiger partial charge in [-0.15, -0.1) is 0 Å². The molecule has 2 aromatic heterocycles. The van der Waals surface area contributed by atoms with Crippen LogP contribution in [0.4, 0.5) is 17.3 Å². The van der Waals surface area contributed by atoms with Crippen LogP contribution in [0.3, 0.4) is 0 Å². The van der Waals surface area contributed by atoms with Gasteiger partial charge >= 0.3 is 0 Å². The molecule has 1 aliphatic heterocycles. The zero-order chi connectivity index (χ0) is 20.2. The van der Waals surface area contributed by atoms with Crippen molar-refractivity contribution >= 4 is 17.3 Å². The van der Waals surface area contributed by atoms with Crippen LogP contribution in [-0.4, -0.2) is 15.0 Å². The molecule has 0 atom stereocenters. The van der Waals surface area contributed by atoms with E-state index in [2.05, 4.69) is 56.6 Å². The second kappa shape index (κ2) is 6.30. The summed E-state index contributed by atoms with van der Waals surface area (Å²) in [6.07, 6.45) is 1.73. The van der Waals surface area contributed by atoms with Crippen LogP contribution in [0.5, 0.6) is 11.6 Å². The third-order valence-electron chi connectivity index (χ3n) is 5.03. The Morgan fingerprint density at radius 1 is 0.857 bits per heavy atom. The molecule has 1 aliphatic rings. The molecule has 0 radical (unpaired) electrons. The molecule has 0 aliphatic carbocycles. The average molecular weight is 374 g/mol. The summed E-state index contributed by atoms with van der Waals surface area (Å²) in [6, 6.07) is 8.42. The number of hydrogen-bond acceptors (Lipinski definition) is 5. The Labute approximate surface area is 166 Å². The van der Waals surface area contributed by atoms with E-state index in [1.807, 2.05) is 26.0 Å². The van der Waals surface area contributed by atoms with Crippen LogP contribution in [0.2, 0.25) is 0 Å². The first-order valence-electron chi connectivity index (χ1n) is 9.56. The largest absolute Gasteiger partial charge is 0.432 e. The van der Waals surface area contributed by atoms with Crippen molar-refractivity contribution in [3.05, 3.63) is 58.5 Å². The van der Waals surface area contributed by atoms with E-state index in [4.69, 9.17) is 14.7 Å². The highest BCUT2D eigenvalue weighted by molar-refractivity contribution is 5.84. The summed E-state index contributed by atoms with van der Waals surface area (Å²) in [5.74, 6) is 2.62. The van der Waals surface area contributed by atoms with E-state index >= 15 is 0 Å². The van der Waals surface area contributed by atoms with Gasteiger partial charge in [-0.25, -0.2) is 15.0 Å². The lowest BCUT2D eigenvalue weighted by Crippen LogP contribution is -2.22. The quantitative estimate of drug-likeness (QED) is 0.410. The molecule has 0 N–H and O–H groups in total. The molecule has 0 saturated heterocycles. The maximum atomic E-state index is 6.02. The Balaban J connectivity index is 2.00. The number of pyridine rings is 1. The number of aromatic nitrogens is 3. The Kier molecular flexibility index (Phi) is 4.14. The van der Waals surface area contributed by atoms with Gasteiger partial charge in [-0.1, -0.05) is 32.9 Å². The predicted octanol–water partition coefficient (Wildman–Crippen LogP) is 5.98. The molecule has 28 heavy (non-hydrogen) atoms. The zero-order valence-electron chi connectivity index (χ0n) is 17.6. The van der Waals surface area contributed by atoms with Crippen molar-refractivity contribution in [2.24, 2.45) is 0 Å². The SMILES string of the molecule is Cc1ccc2c(n1)N(c1c(C)cc(C(C)(C)C)cc1C)c1nc(C)cnc1O2. The summed E-state index contributed by atoms with van der Waals surface area (Å²) >= 11 is 0. The first-order valence-corrected chi connectivity index (χ1v) is 9.56. The molecule has 5 nitrogen and oxygen atoms in total. The highest BCUT2D eigenvalue weighted by Gasteiger charge is 2.32. The Bertz CT molecular complexity index is 1010. The summed E-state index contributed by atoms with van der Waals surface area (Å²) in [6.45, 7) is 14.9. The van der Waals surface area contributed by atoms with E-state index in [1.165, 1.54) is 16.7 Å². The molecule has 3 heterocycles. The van der Waals surface area contributed by atoms with Gasteiger partial charge in [0.1, 0.15) is 0 Å². The van der Waals surface area contributed by atoms with Gasteiger partial charge < -0.3 is 4.74 Å². The maximum absolute atomic E-state index is 6.02. The molecule has 144 valence electrons. The van der Waals surface area contributed by atoms with Crippen LogP contribution in [0.15, 0.2) is 30.5 Å². The van der Waals surface area contributed by atoms with Gasteiger partial charge in [-0.3, -0.25) is 4.90 Å². The standard InChI is InChI=1S/C23H26N4O/c1-13-10-17(23(5,6)7)11-14(2)19(13)27-20-18(9-8-15(3)25-20)28-22-21(27)26-16(4)12-24-22/h8-12H,1-7H3. The van der Waals surface area contributed by atoms with E-state index in [9.17, 15) is 0 Å². The van der Waals surface area contributed by atoms with Crippen LogP contribution in [-0.2, 0) is 5.41 Å². The fourth-order valence-electron chi connectivity index (χ4n) is 3.60. The monoisotopic (exact) mass is 374 g/mol. The van der Waals surface area contributed by atoms with E-state index in [1.54, 1.807) is 6.20 Å². The lowest BCUT2D eigenvalue weighted by Gasteiger charge is -2.33. The first kappa shape index (κ1) is 18.4. The number of hydrogen-bond donors (Lipinski definition) is 0. The molecule has 3 aromatic rings. The van der Waals surface area contributed by atoms with Gasteiger partial charge in [-0.05, 0) is 61.9 Å². The molecule has 0 spiro atoms. The van der Waals surface area contributed by atoms with Crippen molar-refractivity contribution in [2.45, 2.75) is 53.9 Å². The number of rotatable bonds is 1. The fourth-order valence-corrected chi connectivity index (χ4v) is 3.60. The van der Waals surface area contributed by atoms with Crippen LogP contribution < -0.4 is 9.64 Å². The molecule has 0 bridgehead atoms. The summed E-state index contributed by atoms with van der Waals surface area (Å²) in [5.41, 5.74) is 6.60. The number of benzene rings is 1. The van der Waals surface area contributed by atoms with Crippen molar-refractivity contribution in [1.29, 1.82) is 0 Å². The molecule has 4 rings (SSSR count). The molecule has 0 fully saturated rings. The molecule has 0 saturated carbocycles. The van der Waals surface area contributed by atoms with Crippen molar-refractivity contribution in [3.8, 4) is 11.6 Å². The molecule has 1 aromatic carbocycles. The number of ether oxygens (including phenoxy) is 1. The lowest BCUT2D eigenvalue weighted by atomic mass is 9.84. The summed E-state index contributed by atoms with van der Waals surface area (Å²) in [7, 11) is 0. The van der Waals surface area contributed by atoms with E-state index in [0.29, 0.717) is 17.4 Å². The predicted molar refractivity (Wildman–Crippen MR) is 112 cm³/mol. The lowest BCUT2D eigenvalue weighted by molar-refractivity contribution is 0.450. The molecule has 0 amide bonds. The van der Waals surface area contributed by atoms with Gasteiger partial charge in [0.15, 0.2) is 11.6 Å². The molecule has 0 unspecified atom stereocenters. The van der Waals surface area contributed by atoms with Gasteiger partial charge in [0.2, 0.25) is 5.82 Å². The summed E-state index contributed by atoms with van der Waals surface area (Å²) in [5, 5.41) is 0. The topological polar surface area (TPSA) is 51.1 Å². The van der Waals surface area contributed by atoms with E-state index in [0.717, 1.165) is 22.9 Å². The minimum Gasteiger partial charge on any atom is -0.432 e. The third-order valence-corrected chi connectivity index (χ3v) is 5.03. The van der Waals surface area contributed by atoms with Crippen molar-refractivity contribution in [1.82, 2.24) is 15.0 Å². The van der Waals surface area contributed by atoms with Gasteiger partial charge in [0.05, 0.1) is 17.6 Å². The number of anilines is 3. The maximum Gasteiger partial charge on any atom is 0.264 e. The number of nitrogens with zero attached hydrogens (tertiary/aromatic N) is 4. The molecular formula is C23H26N4O. The fraction of sp³-hybridized carbons (Fsp3) is 0.348. The van der Waals surface area contributed by atoms with Gasteiger partial charge in [-0.2, -0.15) is 0 Å². The van der Waals surface area contributed by atoms with E-state index in [-0.39, 0.29) is 5.41 Å². The van der Waals surface area contributed by atoms with Crippen molar-refractivity contribution in [2.75, 3.05) is 4.90 Å². The second-order valence-electron chi connectivity index (χ2n) is 8.56. The Hall–Kier alpha value is -2.95. The highest BCUT2D eigenvalue weighted by atomic mass is 16.5. The summed E-state index contributed by atoms with van der Waals surface area (Å²) in [4.78, 5) is 16.1.